The van der Waals surface area contributed by atoms with E-state index in [2.05, 4.69) is 51.2 Å². The SMILES string of the molecule is CCn1cc(CC(C)C(C)NC(C)C)cn1. The number of nitrogens with zero attached hydrogens (tertiary/aromatic N) is 2. The lowest BCUT2D eigenvalue weighted by Gasteiger charge is -2.23. The number of aryl methyl sites for hydroxylation is 1. The Hall–Kier alpha value is -0.830. The molecule has 1 aromatic rings. The molecule has 1 aromatic heterocycles. The molecule has 0 aliphatic carbocycles. The first-order chi connectivity index (χ1) is 7.52. The molecule has 0 radical (unpaired) electrons. The zero-order valence-corrected chi connectivity index (χ0v) is 11.2. The second-order valence-electron chi connectivity index (χ2n) is 5.00. The maximum Gasteiger partial charge on any atom is 0.0521 e. The van der Waals surface area contributed by atoms with Crippen LogP contribution in [0.2, 0.25) is 0 Å². The smallest absolute Gasteiger partial charge is 0.0521 e. The molecule has 2 atom stereocenters. The minimum absolute atomic E-state index is 0.546. The second kappa shape index (κ2) is 6.04. The third kappa shape index (κ3) is 3.97. The molecular formula is C13H25N3. The lowest BCUT2D eigenvalue weighted by Crippen LogP contribution is -2.37. The van der Waals surface area contributed by atoms with Gasteiger partial charge in [0.1, 0.15) is 0 Å². The van der Waals surface area contributed by atoms with Crippen LogP contribution in [-0.2, 0) is 13.0 Å². The molecule has 3 nitrogen and oxygen atoms in total. The van der Waals surface area contributed by atoms with E-state index >= 15 is 0 Å². The molecule has 0 saturated heterocycles. The summed E-state index contributed by atoms with van der Waals surface area (Å²) in [6.45, 7) is 12.0. The van der Waals surface area contributed by atoms with E-state index in [1.165, 1.54) is 5.56 Å². The van der Waals surface area contributed by atoms with Gasteiger partial charge in [0.25, 0.3) is 0 Å². The van der Waals surface area contributed by atoms with Gasteiger partial charge in [-0.25, -0.2) is 0 Å². The Morgan fingerprint density at radius 2 is 2.00 bits per heavy atom. The summed E-state index contributed by atoms with van der Waals surface area (Å²) in [6, 6.07) is 1.10. The Morgan fingerprint density at radius 1 is 1.31 bits per heavy atom. The van der Waals surface area contributed by atoms with Gasteiger partial charge in [-0.2, -0.15) is 5.10 Å². The summed E-state index contributed by atoms with van der Waals surface area (Å²) in [5, 5.41) is 7.86. The van der Waals surface area contributed by atoms with Gasteiger partial charge >= 0.3 is 0 Å². The van der Waals surface area contributed by atoms with E-state index in [0.717, 1.165) is 13.0 Å². The molecule has 1 N–H and O–H groups in total. The second-order valence-corrected chi connectivity index (χ2v) is 5.00. The molecule has 0 bridgehead atoms. The molecule has 2 unspecified atom stereocenters. The summed E-state index contributed by atoms with van der Waals surface area (Å²) in [7, 11) is 0. The summed E-state index contributed by atoms with van der Waals surface area (Å²) in [6.07, 6.45) is 5.24. The number of rotatable bonds is 6. The van der Waals surface area contributed by atoms with E-state index in [1.807, 2.05) is 10.9 Å². The van der Waals surface area contributed by atoms with E-state index in [-0.39, 0.29) is 0 Å². The first-order valence-corrected chi connectivity index (χ1v) is 6.30. The highest BCUT2D eigenvalue weighted by atomic mass is 15.3. The Labute approximate surface area is 99.2 Å². The van der Waals surface area contributed by atoms with Crippen molar-refractivity contribution < 1.29 is 0 Å². The molecule has 0 aliphatic heterocycles. The predicted molar refractivity (Wildman–Crippen MR) is 68.5 cm³/mol. The van der Waals surface area contributed by atoms with E-state index in [1.54, 1.807) is 0 Å². The number of nitrogens with one attached hydrogen (secondary N) is 1. The van der Waals surface area contributed by atoms with Crippen LogP contribution in [-0.4, -0.2) is 21.9 Å². The molecule has 0 fully saturated rings. The summed E-state index contributed by atoms with van der Waals surface area (Å²) < 4.78 is 1.99. The fraction of sp³-hybridized carbons (Fsp3) is 0.769. The van der Waals surface area contributed by atoms with Crippen molar-refractivity contribution >= 4 is 0 Å². The highest BCUT2D eigenvalue weighted by Gasteiger charge is 2.14. The van der Waals surface area contributed by atoms with Gasteiger partial charge in [-0.15, -0.1) is 0 Å². The minimum atomic E-state index is 0.546. The average Bonchev–Trinajstić information content (AvgIpc) is 2.64. The van der Waals surface area contributed by atoms with Crippen LogP contribution in [0.5, 0.6) is 0 Å². The lowest BCUT2D eigenvalue weighted by atomic mass is 9.96. The van der Waals surface area contributed by atoms with Crippen LogP contribution in [0.15, 0.2) is 12.4 Å². The van der Waals surface area contributed by atoms with Gasteiger partial charge in [0.05, 0.1) is 6.20 Å². The van der Waals surface area contributed by atoms with E-state index in [0.29, 0.717) is 18.0 Å². The van der Waals surface area contributed by atoms with Crippen LogP contribution in [0.1, 0.15) is 40.2 Å². The molecule has 3 heteroatoms. The van der Waals surface area contributed by atoms with E-state index < -0.39 is 0 Å². The fourth-order valence-electron chi connectivity index (χ4n) is 1.92. The summed E-state index contributed by atoms with van der Waals surface area (Å²) in [5.41, 5.74) is 1.34. The fourth-order valence-corrected chi connectivity index (χ4v) is 1.92. The van der Waals surface area contributed by atoms with Crippen molar-refractivity contribution in [3.05, 3.63) is 18.0 Å². The molecule has 92 valence electrons. The molecule has 1 heterocycles. The van der Waals surface area contributed by atoms with Gasteiger partial charge in [-0.1, -0.05) is 20.8 Å². The first-order valence-electron chi connectivity index (χ1n) is 6.30. The maximum absolute atomic E-state index is 4.30. The molecular weight excluding hydrogens is 198 g/mol. The highest BCUT2D eigenvalue weighted by molar-refractivity contribution is 5.05. The van der Waals surface area contributed by atoms with Gasteiger partial charge in [0.15, 0.2) is 0 Å². The third-order valence-electron chi connectivity index (χ3n) is 3.02. The van der Waals surface area contributed by atoms with Gasteiger partial charge in [0.2, 0.25) is 0 Å². The van der Waals surface area contributed by atoms with Crippen molar-refractivity contribution in [2.75, 3.05) is 0 Å². The quantitative estimate of drug-likeness (QED) is 0.803. The van der Waals surface area contributed by atoms with Crippen LogP contribution in [0.3, 0.4) is 0 Å². The summed E-state index contributed by atoms with van der Waals surface area (Å²) in [5.74, 6) is 0.636. The Balaban J connectivity index is 2.46. The number of hydrogen-bond acceptors (Lipinski definition) is 2. The molecule has 0 spiro atoms. The van der Waals surface area contributed by atoms with Crippen LogP contribution in [0.4, 0.5) is 0 Å². The van der Waals surface area contributed by atoms with Crippen LogP contribution in [0.25, 0.3) is 0 Å². The topological polar surface area (TPSA) is 29.9 Å². The Morgan fingerprint density at radius 3 is 2.50 bits per heavy atom. The Bertz CT molecular complexity index is 304. The highest BCUT2D eigenvalue weighted by Crippen LogP contribution is 2.12. The van der Waals surface area contributed by atoms with Gasteiger partial charge in [0, 0.05) is 24.8 Å². The standard InChI is InChI=1S/C13H25N3/c1-6-16-9-13(8-14-16)7-11(4)12(5)15-10(2)3/h8-12,15H,6-7H2,1-5H3. The largest absolute Gasteiger partial charge is 0.312 e. The summed E-state index contributed by atoms with van der Waals surface area (Å²) in [4.78, 5) is 0. The van der Waals surface area contributed by atoms with Crippen molar-refractivity contribution in [1.82, 2.24) is 15.1 Å². The van der Waals surface area contributed by atoms with Gasteiger partial charge in [-0.3, -0.25) is 4.68 Å². The predicted octanol–water partition coefficient (Wildman–Crippen LogP) is 2.47. The van der Waals surface area contributed by atoms with Crippen LogP contribution >= 0.6 is 0 Å². The minimum Gasteiger partial charge on any atom is -0.312 e. The van der Waals surface area contributed by atoms with Crippen molar-refractivity contribution in [3.8, 4) is 0 Å². The number of hydrogen-bond donors (Lipinski definition) is 1. The average molecular weight is 223 g/mol. The van der Waals surface area contributed by atoms with Crippen LogP contribution < -0.4 is 5.32 Å². The first kappa shape index (κ1) is 13.2. The molecule has 1 rings (SSSR count). The zero-order valence-electron chi connectivity index (χ0n) is 11.2. The van der Waals surface area contributed by atoms with Gasteiger partial charge in [-0.05, 0) is 31.7 Å². The molecule has 16 heavy (non-hydrogen) atoms. The molecule has 0 aromatic carbocycles. The molecule has 0 saturated carbocycles. The monoisotopic (exact) mass is 223 g/mol. The van der Waals surface area contributed by atoms with E-state index in [4.69, 9.17) is 0 Å². The zero-order chi connectivity index (χ0) is 12.1. The summed E-state index contributed by atoms with van der Waals surface area (Å²) >= 11 is 0. The van der Waals surface area contributed by atoms with Crippen molar-refractivity contribution in [1.29, 1.82) is 0 Å². The van der Waals surface area contributed by atoms with Crippen molar-refractivity contribution in [2.45, 2.75) is 59.7 Å². The number of aromatic nitrogens is 2. The van der Waals surface area contributed by atoms with Crippen LogP contribution in [0, 0.1) is 5.92 Å². The normalized spacial score (nSPS) is 15.4. The molecule has 0 aliphatic rings. The lowest BCUT2D eigenvalue weighted by molar-refractivity contribution is 0.372. The van der Waals surface area contributed by atoms with Gasteiger partial charge < -0.3 is 5.32 Å². The maximum atomic E-state index is 4.30. The Kier molecular flexibility index (Phi) is 5.00. The molecule has 0 amide bonds. The van der Waals surface area contributed by atoms with Crippen molar-refractivity contribution in [2.24, 2.45) is 5.92 Å². The third-order valence-corrected chi connectivity index (χ3v) is 3.02. The van der Waals surface area contributed by atoms with E-state index in [9.17, 15) is 0 Å². The van der Waals surface area contributed by atoms with Crippen molar-refractivity contribution in [3.63, 3.8) is 0 Å².